The number of rotatable bonds is 1. The van der Waals surface area contributed by atoms with E-state index in [1.54, 1.807) is 6.07 Å². The second-order valence-electron chi connectivity index (χ2n) is 4.69. The molecule has 1 fully saturated rings. The predicted molar refractivity (Wildman–Crippen MR) is 74.2 cm³/mol. The number of carbonyl (C=O) groups is 1. The van der Waals surface area contributed by atoms with Crippen molar-refractivity contribution in [1.82, 2.24) is 10.6 Å². The molecule has 1 saturated heterocycles. The molecule has 2 heterocycles. The molecule has 0 saturated carbocycles. The highest BCUT2D eigenvalue weighted by Crippen LogP contribution is 2.30. The number of nitrogens with one attached hydrogen (secondary N) is 2. The average Bonchev–Trinajstić information content (AvgIpc) is 2.39. The Morgan fingerprint density at radius 1 is 1.33 bits per heavy atom. The van der Waals surface area contributed by atoms with Gasteiger partial charge in [-0.15, -0.1) is 0 Å². The zero-order valence-corrected chi connectivity index (χ0v) is 10.9. The van der Waals surface area contributed by atoms with Gasteiger partial charge in [-0.1, -0.05) is 6.07 Å². The Hall–Kier alpha value is -1.20. The van der Waals surface area contributed by atoms with Gasteiger partial charge in [-0.3, -0.25) is 9.69 Å². The molecule has 0 aromatic heterocycles. The molecule has 1 aromatic rings. The van der Waals surface area contributed by atoms with Gasteiger partial charge < -0.3 is 11.1 Å². The van der Waals surface area contributed by atoms with E-state index in [0.29, 0.717) is 12.1 Å². The van der Waals surface area contributed by atoms with E-state index in [1.165, 1.54) is 0 Å². The molecule has 4 nitrogen and oxygen atoms in total. The fourth-order valence-electron chi connectivity index (χ4n) is 2.61. The van der Waals surface area contributed by atoms with Crippen LogP contribution < -0.4 is 11.1 Å². The summed E-state index contributed by atoms with van der Waals surface area (Å²) in [6.07, 6.45) is 0.672. The number of nitrogens with zero attached hydrogens (tertiary/aromatic N) is 1. The number of hydrogen-bond donors (Lipinski definition) is 1. The highest BCUT2D eigenvalue weighted by atomic mass is 32.2. The van der Waals surface area contributed by atoms with Gasteiger partial charge in [-0.05, 0) is 12.1 Å². The monoisotopic (exact) mass is 262 g/mol. The Morgan fingerprint density at radius 3 is 2.89 bits per heavy atom. The van der Waals surface area contributed by atoms with Crippen molar-refractivity contribution in [1.29, 1.82) is 0 Å². The Labute approximate surface area is 111 Å². The number of hydrogen-bond acceptors (Lipinski definition) is 3. The van der Waals surface area contributed by atoms with Crippen molar-refractivity contribution < 1.29 is 4.79 Å². The Morgan fingerprint density at radius 2 is 2.11 bits per heavy atom. The number of anilines is 1. The first-order valence-corrected chi connectivity index (χ1v) is 7.37. The summed E-state index contributed by atoms with van der Waals surface area (Å²) in [6, 6.07) is 5.40. The minimum atomic E-state index is -0.0927. The highest BCUT2D eigenvalue weighted by molar-refractivity contribution is 7.99. The van der Waals surface area contributed by atoms with Crippen LogP contribution in [0.2, 0.25) is 0 Å². The van der Waals surface area contributed by atoms with Crippen LogP contribution in [0, 0.1) is 0 Å². The summed E-state index contributed by atoms with van der Waals surface area (Å²) in [5, 5.41) is 2.94. The van der Waals surface area contributed by atoms with Gasteiger partial charge in [0.1, 0.15) is 0 Å². The summed E-state index contributed by atoms with van der Waals surface area (Å²) in [5.41, 5.74) is 10.3. The lowest BCUT2D eigenvalue weighted by Gasteiger charge is -2.36. The smallest absolute Gasteiger partial charge is 0.242 e. The minimum absolute atomic E-state index is 0.0833. The fraction of sp³-hybridized carbons (Fsp3) is 0.462. The normalized spacial score (nSPS) is 24.4. The van der Waals surface area contributed by atoms with E-state index in [2.05, 4.69) is 10.2 Å². The van der Waals surface area contributed by atoms with Crippen molar-refractivity contribution in [3.05, 3.63) is 23.8 Å². The van der Waals surface area contributed by atoms with Crippen LogP contribution in [-0.4, -0.2) is 41.4 Å². The second kappa shape index (κ2) is 4.82. The molecular weight excluding hydrogens is 246 g/mol. The standard InChI is InChI=1S/C13H16N3OS/c14-10-2-1-3-11-9(10)8-12(13(17)15-11)16-4-6-18-7-5-16/h1-3,12,14H,4-8H2,(H,15,17). The molecule has 18 heavy (non-hydrogen) atoms. The van der Waals surface area contributed by atoms with Crippen molar-refractivity contribution >= 4 is 29.0 Å². The van der Waals surface area contributed by atoms with Crippen LogP contribution in [0.25, 0.3) is 0 Å². The van der Waals surface area contributed by atoms with Crippen LogP contribution in [0.15, 0.2) is 18.2 Å². The maximum Gasteiger partial charge on any atom is 0.242 e. The third kappa shape index (κ3) is 2.08. The summed E-state index contributed by atoms with van der Waals surface area (Å²) >= 11 is 1.94. The maximum absolute atomic E-state index is 12.1. The van der Waals surface area contributed by atoms with Gasteiger partial charge in [0.15, 0.2) is 0 Å². The summed E-state index contributed by atoms with van der Waals surface area (Å²) in [7, 11) is 0. The third-order valence-corrected chi connectivity index (χ3v) is 4.56. The van der Waals surface area contributed by atoms with Gasteiger partial charge in [0.05, 0.1) is 11.7 Å². The first-order valence-electron chi connectivity index (χ1n) is 6.22. The second-order valence-corrected chi connectivity index (χ2v) is 5.91. The van der Waals surface area contributed by atoms with Gasteiger partial charge in [0.25, 0.3) is 0 Å². The van der Waals surface area contributed by atoms with Gasteiger partial charge >= 0.3 is 0 Å². The van der Waals surface area contributed by atoms with Crippen LogP contribution in [0.3, 0.4) is 0 Å². The van der Waals surface area contributed by atoms with Crippen molar-refractivity contribution in [3.63, 3.8) is 0 Å². The average molecular weight is 262 g/mol. The summed E-state index contributed by atoms with van der Waals surface area (Å²) in [6.45, 7) is 1.94. The van der Waals surface area contributed by atoms with Crippen LogP contribution in [0.5, 0.6) is 0 Å². The zero-order valence-electron chi connectivity index (χ0n) is 10.1. The van der Waals surface area contributed by atoms with Gasteiger partial charge in [-0.2, -0.15) is 11.8 Å². The molecule has 1 aromatic carbocycles. The molecule has 5 heteroatoms. The first kappa shape index (κ1) is 11.9. The Bertz CT molecular complexity index is 471. The molecular formula is C13H16N3OS. The van der Waals surface area contributed by atoms with Crippen molar-refractivity contribution in [2.24, 2.45) is 0 Å². The van der Waals surface area contributed by atoms with E-state index in [-0.39, 0.29) is 11.9 Å². The van der Waals surface area contributed by atoms with Crippen molar-refractivity contribution in [2.45, 2.75) is 12.5 Å². The van der Waals surface area contributed by atoms with Crippen molar-refractivity contribution in [3.8, 4) is 0 Å². The molecule has 0 bridgehead atoms. The molecule has 2 aliphatic rings. The van der Waals surface area contributed by atoms with E-state index in [9.17, 15) is 4.79 Å². The largest absolute Gasteiger partial charge is 0.324 e. The summed E-state index contributed by atoms with van der Waals surface area (Å²) in [4.78, 5) is 14.4. The molecule has 2 aliphatic heterocycles. The Kier molecular flexibility index (Phi) is 3.18. The van der Waals surface area contributed by atoms with E-state index in [4.69, 9.17) is 5.73 Å². The van der Waals surface area contributed by atoms with E-state index < -0.39 is 0 Å². The quantitative estimate of drug-likeness (QED) is 0.834. The van der Waals surface area contributed by atoms with E-state index in [1.807, 2.05) is 23.9 Å². The lowest BCUT2D eigenvalue weighted by Crippen LogP contribution is -2.50. The van der Waals surface area contributed by atoms with E-state index in [0.717, 1.165) is 35.8 Å². The van der Waals surface area contributed by atoms with Crippen LogP contribution >= 0.6 is 11.8 Å². The molecule has 1 unspecified atom stereocenters. The summed E-state index contributed by atoms with van der Waals surface area (Å²) < 4.78 is 0. The Balaban J connectivity index is 1.86. The van der Waals surface area contributed by atoms with E-state index >= 15 is 0 Å². The predicted octanol–water partition coefficient (Wildman–Crippen LogP) is 1.51. The number of fused-ring (bicyclic) bond motifs is 1. The van der Waals surface area contributed by atoms with Crippen LogP contribution in [0.1, 0.15) is 5.56 Å². The molecule has 1 atom stereocenters. The molecule has 95 valence electrons. The molecule has 0 spiro atoms. The van der Waals surface area contributed by atoms with Crippen LogP contribution in [0.4, 0.5) is 11.4 Å². The zero-order chi connectivity index (χ0) is 12.5. The molecule has 3 rings (SSSR count). The summed E-state index contributed by atoms with van der Waals surface area (Å²) in [5.74, 6) is 2.28. The molecule has 1 radical (unpaired) electrons. The van der Waals surface area contributed by atoms with Gasteiger partial charge in [0.2, 0.25) is 5.91 Å². The molecule has 1 amide bonds. The number of thioether (sulfide) groups is 1. The van der Waals surface area contributed by atoms with Crippen LogP contribution in [-0.2, 0) is 11.2 Å². The SMILES string of the molecule is [NH]c1cccc2c1CC(N1CCSCC1)C(=O)N2. The topological polar surface area (TPSA) is 56.1 Å². The molecule has 0 aliphatic carbocycles. The van der Waals surface area contributed by atoms with Gasteiger partial charge in [-0.25, -0.2) is 0 Å². The number of benzene rings is 1. The minimum Gasteiger partial charge on any atom is -0.324 e. The third-order valence-electron chi connectivity index (χ3n) is 3.62. The maximum atomic E-state index is 12.1. The molecule has 2 N–H and O–H groups in total. The lowest BCUT2D eigenvalue weighted by molar-refractivity contribution is -0.121. The number of amides is 1. The first-order chi connectivity index (χ1) is 8.75. The fourth-order valence-corrected chi connectivity index (χ4v) is 3.54. The lowest BCUT2D eigenvalue weighted by atomic mass is 9.96. The van der Waals surface area contributed by atoms with Gasteiger partial charge in [0, 0.05) is 42.3 Å². The van der Waals surface area contributed by atoms with Crippen molar-refractivity contribution in [2.75, 3.05) is 29.9 Å². The highest BCUT2D eigenvalue weighted by Gasteiger charge is 2.32. The number of carbonyl (C=O) groups excluding carboxylic acids is 1.